The molecule has 4 rings (SSSR count). The Hall–Kier alpha value is -5.23. The Balaban J connectivity index is 1.69. The maximum absolute atomic E-state index is 15.3. The summed E-state index contributed by atoms with van der Waals surface area (Å²) >= 11 is 0. The molecule has 2 atom stereocenters. The molecule has 240 valence electrons. The molecule has 12 heteroatoms. The summed E-state index contributed by atoms with van der Waals surface area (Å²) in [5.74, 6) is -9.34. The van der Waals surface area contributed by atoms with E-state index >= 15 is 4.39 Å². The first-order valence-electron chi connectivity index (χ1n) is 14.6. The number of nitrogens with one attached hydrogen (secondary N) is 2. The average Bonchev–Trinajstić information content (AvgIpc) is 3.05. The predicted octanol–water partition coefficient (Wildman–Crippen LogP) is 3.83. The number of pyridine rings is 1. The van der Waals surface area contributed by atoms with E-state index in [2.05, 4.69) is 15.6 Å². The molecule has 3 aromatic carbocycles. The first kappa shape index (κ1) is 33.7. The summed E-state index contributed by atoms with van der Waals surface area (Å²) in [5, 5.41) is 5.44. The summed E-state index contributed by atoms with van der Waals surface area (Å²) in [6.45, 7) is 2.70. The monoisotopic (exact) mass is 633 g/mol. The molecule has 0 aliphatic heterocycles. The summed E-state index contributed by atoms with van der Waals surface area (Å²) in [4.78, 5) is 42.7. The number of primary amides is 1. The summed E-state index contributed by atoms with van der Waals surface area (Å²) in [7, 11) is 0. The van der Waals surface area contributed by atoms with Crippen molar-refractivity contribution >= 4 is 17.7 Å². The van der Waals surface area contributed by atoms with Gasteiger partial charge in [0.2, 0.25) is 17.8 Å². The van der Waals surface area contributed by atoms with E-state index in [1.807, 2.05) is 24.3 Å². The van der Waals surface area contributed by atoms with Crippen molar-refractivity contribution in [2.45, 2.75) is 44.8 Å². The van der Waals surface area contributed by atoms with Crippen molar-refractivity contribution < 1.29 is 32.3 Å². The van der Waals surface area contributed by atoms with Crippen LogP contribution in [0.2, 0.25) is 0 Å². The second-order valence-electron chi connectivity index (χ2n) is 10.5. The number of carbonyl (C=O) groups is 3. The van der Waals surface area contributed by atoms with Crippen LogP contribution in [0.1, 0.15) is 51.0 Å². The third-order valence-electron chi connectivity index (χ3n) is 7.32. The molecule has 0 fully saturated rings. The van der Waals surface area contributed by atoms with Crippen molar-refractivity contribution in [1.29, 1.82) is 0 Å². The van der Waals surface area contributed by atoms with Gasteiger partial charge in [-0.05, 0) is 47.7 Å². The Morgan fingerprint density at radius 2 is 1.41 bits per heavy atom. The van der Waals surface area contributed by atoms with E-state index in [4.69, 9.17) is 16.2 Å². The van der Waals surface area contributed by atoms with Crippen LogP contribution in [0.3, 0.4) is 0 Å². The Kier molecular flexibility index (Phi) is 11.5. The zero-order valence-electron chi connectivity index (χ0n) is 25.1. The second kappa shape index (κ2) is 15.7. The molecular formula is C34H34F3N5O4. The van der Waals surface area contributed by atoms with Crippen LogP contribution in [0.5, 0.6) is 5.75 Å². The highest BCUT2D eigenvalue weighted by Crippen LogP contribution is 2.30. The summed E-state index contributed by atoms with van der Waals surface area (Å²) in [6.07, 6.45) is -0.239. The van der Waals surface area contributed by atoms with Gasteiger partial charge in [-0.25, -0.2) is 4.39 Å². The lowest BCUT2D eigenvalue weighted by atomic mass is 9.87. The van der Waals surface area contributed by atoms with Gasteiger partial charge in [0.25, 0.3) is 11.9 Å². The zero-order chi connectivity index (χ0) is 33.2. The number of aromatic nitrogens is 1. The smallest absolute Gasteiger partial charge is 0.252 e. The molecule has 0 aliphatic rings. The van der Waals surface area contributed by atoms with Gasteiger partial charge in [0.15, 0.2) is 5.82 Å². The maximum atomic E-state index is 15.3. The molecule has 1 aromatic heterocycles. The van der Waals surface area contributed by atoms with Crippen molar-refractivity contribution in [3.05, 3.63) is 130 Å². The van der Waals surface area contributed by atoms with Crippen LogP contribution in [0.15, 0.2) is 78.9 Å². The van der Waals surface area contributed by atoms with Crippen LogP contribution < -0.4 is 26.8 Å². The Labute approximate surface area is 264 Å². The standard InChI is InChI=1S/C34H34F3N5O4/c1-2-46-24-14-12-21(13-15-24)16-25(27-28(32(39)43)29(35)31(37)42-30(27)36)33(44)41-26(17-20-6-4-3-5-7-20)34(45)40-19-23-10-8-22(18-38)9-11-23/h3-15,25-26H,2,16-19,38H2,1H3,(H2,39,43)(H,40,45)(H,41,44)/t25-,26+/m1/s1. The second-order valence-corrected chi connectivity index (χ2v) is 10.5. The van der Waals surface area contributed by atoms with Gasteiger partial charge in [-0.1, -0.05) is 66.7 Å². The number of hydrogen-bond donors (Lipinski definition) is 4. The molecule has 0 spiro atoms. The van der Waals surface area contributed by atoms with E-state index in [0.717, 1.165) is 11.1 Å². The molecule has 9 nitrogen and oxygen atoms in total. The highest BCUT2D eigenvalue weighted by atomic mass is 19.2. The van der Waals surface area contributed by atoms with Gasteiger partial charge < -0.3 is 26.8 Å². The highest BCUT2D eigenvalue weighted by molar-refractivity contribution is 5.98. The fourth-order valence-electron chi connectivity index (χ4n) is 4.97. The van der Waals surface area contributed by atoms with Crippen LogP contribution in [-0.2, 0) is 35.5 Å². The molecule has 0 unspecified atom stereocenters. The van der Waals surface area contributed by atoms with Crippen molar-refractivity contribution in [2.24, 2.45) is 11.5 Å². The van der Waals surface area contributed by atoms with E-state index in [1.54, 1.807) is 61.5 Å². The largest absolute Gasteiger partial charge is 0.494 e. The van der Waals surface area contributed by atoms with Crippen molar-refractivity contribution in [3.63, 3.8) is 0 Å². The molecule has 3 amide bonds. The van der Waals surface area contributed by atoms with Gasteiger partial charge in [-0.15, -0.1) is 0 Å². The first-order chi connectivity index (χ1) is 22.1. The maximum Gasteiger partial charge on any atom is 0.252 e. The SMILES string of the molecule is CCOc1ccc(C[C@@H](C(=O)N[C@@H](Cc2ccccc2)C(=O)NCc2ccc(CN)cc2)c2c(F)nc(F)c(F)c2C(N)=O)cc1. The van der Waals surface area contributed by atoms with E-state index in [-0.39, 0.29) is 19.4 Å². The molecule has 0 saturated carbocycles. The minimum Gasteiger partial charge on any atom is -0.494 e. The van der Waals surface area contributed by atoms with Crippen molar-refractivity contribution in [1.82, 2.24) is 15.6 Å². The van der Waals surface area contributed by atoms with Crippen LogP contribution in [0.4, 0.5) is 13.2 Å². The van der Waals surface area contributed by atoms with Crippen LogP contribution in [0, 0.1) is 17.7 Å². The van der Waals surface area contributed by atoms with Crippen LogP contribution in [-0.4, -0.2) is 35.4 Å². The Morgan fingerprint density at radius 3 is 2.02 bits per heavy atom. The number of halogens is 3. The van der Waals surface area contributed by atoms with Gasteiger partial charge >= 0.3 is 0 Å². The Morgan fingerprint density at radius 1 is 0.804 bits per heavy atom. The molecule has 6 N–H and O–H groups in total. The number of ether oxygens (including phenoxy) is 1. The zero-order valence-corrected chi connectivity index (χ0v) is 25.1. The minimum atomic E-state index is -1.88. The number of nitrogens with zero attached hydrogens (tertiary/aromatic N) is 1. The first-order valence-corrected chi connectivity index (χ1v) is 14.6. The molecule has 0 saturated heterocycles. The number of hydrogen-bond acceptors (Lipinski definition) is 6. The summed E-state index contributed by atoms with van der Waals surface area (Å²) in [6, 6.07) is 21.4. The normalized spacial score (nSPS) is 12.2. The number of benzene rings is 3. The van der Waals surface area contributed by atoms with Crippen molar-refractivity contribution in [3.8, 4) is 5.75 Å². The lowest BCUT2D eigenvalue weighted by molar-refractivity contribution is -0.129. The third-order valence-corrected chi connectivity index (χ3v) is 7.32. The summed E-state index contributed by atoms with van der Waals surface area (Å²) in [5.41, 5.74) is 11.9. The van der Waals surface area contributed by atoms with E-state index < -0.39 is 58.5 Å². The molecule has 46 heavy (non-hydrogen) atoms. The van der Waals surface area contributed by atoms with E-state index in [0.29, 0.717) is 30.0 Å². The molecule has 1 heterocycles. The van der Waals surface area contributed by atoms with Gasteiger partial charge in [0.1, 0.15) is 11.8 Å². The van der Waals surface area contributed by atoms with E-state index in [1.165, 1.54) is 0 Å². The fraction of sp³-hybridized carbons (Fsp3) is 0.235. The number of rotatable bonds is 14. The number of carbonyl (C=O) groups excluding carboxylic acids is 3. The Bertz CT molecular complexity index is 1670. The average molecular weight is 634 g/mol. The lowest BCUT2D eigenvalue weighted by Gasteiger charge is -2.24. The molecule has 0 radical (unpaired) electrons. The quantitative estimate of drug-likeness (QED) is 0.155. The number of amides is 3. The third kappa shape index (κ3) is 8.48. The van der Waals surface area contributed by atoms with Gasteiger partial charge in [-0.3, -0.25) is 14.4 Å². The van der Waals surface area contributed by atoms with Gasteiger partial charge in [-0.2, -0.15) is 13.8 Å². The van der Waals surface area contributed by atoms with Gasteiger partial charge in [0, 0.05) is 25.1 Å². The lowest BCUT2D eigenvalue weighted by Crippen LogP contribution is -2.49. The molecule has 0 aliphatic carbocycles. The van der Waals surface area contributed by atoms with Gasteiger partial charge in [0.05, 0.1) is 18.1 Å². The minimum absolute atomic E-state index is 0.0431. The van der Waals surface area contributed by atoms with Crippen LogP contribution in [0.25, 0.3) is 0 Å². The van der Waals surface area contributed by atoms with Crippen molar-refractivity contribution in [2.75, 3.05) is 6.61 Å². The molecular weight excluding hydrogens is 599 g/mol. The molecule has 4 aromatic rings. The molecule has 0 bridgehead atoms. The fourth-order valence-corrected chi connectivity index (χ4v) is 4.97. The van der Waals surface area contributed by atoms with Crippen LogP contribution >= 0.6 is 0 Å². The predicted molar refractivity (Wildman–Crippen MR) is 165 cm³/mol. The topological polar surface area (TPSA) is 149 Å². The highest BCUT2D eigenvalue weighted by Gasteiger charge is 2.35. The number of nitrogens with two attached hydrogens (primary N) is 2. The summed E-state index contributed by atoms with van der Waals surface area (Å²) < 4.78 is 49.7. The van der Waals surface area contributed by atoms with E-state index in [9.17, 15) is 23.2 Å².